The van der Waals surface area contributed by atoms with Gasteiger partial charge in [0.15, 0.2) is 5.78 Å². The lowest BCUT2D eigenvalue weighted by molar-refractivity contribution is 0.0979. The summed E-state index contributed by atoms with van der Waals surface area (Å²) < 4.78 is 5.27. The van der Waals surface area contributed by atoms with Gasteiger partial charge in [-0.05, 0) is 31.0 Å². The molecule has 0 fully saturated rings. The Morgan fingerprint density at radius 2 is 2.24 bits per heavy atom. The van der Waals surface area contributed by atoms with Crippen molar-refractivity contribution in [1.82, 2.24) is 5.32 Å². The molecular weight excluding hydrogens is 288 g/mol. The summed E-state index contributed by atoms with van der Waals surface area (Å²) >= 11 is 0. The van der Waals surface area contributed by atoms with Crippen LogP contribution in [0.3, 0.4) is 0 Å². The SMILES string of the molecule is CCCCC(=O)c1ccc(OC)cc1C1=NCCCN1.Cl. The molecule has 0 atom stereocenters. The van der Waals surface area contributed by atoms with Crippen LogP contribution in [0.4, 0.5) is 0 Å². The van der Waals surface area contributed by atoms with E-state index in [4.69, 9.17) is 4.74 Å². The van der Waals surface area contributed by atoms with Crippen LogP contribution in [-0.4, -0.2) is 31.8 Å². The fourth-order valence-corrected chi connectivity index (χ4v) is 2.27. The Morgan fingerprint density at radius 1 is 1.43 bits per heavy atom. The van der Waals surface area contributed by atoms with Crippen LogP contribution in [0.25, 0.3) is 0 Å². The van der Waals surface area contributed by atoms with Crippen molar-refractivity contribution < 1.29 is 9.53 Å². The predicted molar refractivity (Wildman–Crippen MR) is 88.1 cm³/mol. The zero-order valence-corrected chi connectivity index (χ0v) is 13.5. The summed E-state index contributed by atoms with van der Waals surface area (Å²) in [5, 5.41) is 3.28. The molecule has 4 nitrogen and oxygen atoms in total. The minimum absolute atomic E-state index is 0. The molecule has 1 aliphatic rings. The Labute approximate surface area is 132 Å². The highest BCUT2D eigenvalue weighted by Crippen LogP contribution is 2.21. The maximum absolute atomic E-state index is 12.3. The smallest absolute Gasteiger partial charge is 0.163 e. The van der Waals surface area contributed by atoms with Crippen molar-refractivity contribution in [2.24, 2.45) is 4.99 Å². The molecular formula is C16H23ClN2O2. The summed E-state index contributed by atoms with van der Waals surface area (Å²) in [7, 11) is 1.63. The van der Waals surface area contributed by atoms with Crippen molar-refractivity contribution >= 4 is 24.0 Å². The van der Waals surface area contributed by atoms with Crippen molar-refractivity contribution in [1.29, 1.82) is 0 Å². The highest BCUT2D eigenvalue weighted by Gasteiger charge is 2.17. The molecule has 1 aromatic rings. The van der Waals surface area contributed by atoms with Gasteiger partial charge in [-0.25, -0.2) is 0 Å². The maximum atomic E-state index is 12.3. The van der Waals surface area contributed by atoms with E-state index in [9.17, 15) is 4.79 Å². The number of carbonyl (C=O) groups is 1. The van der Waals surface area contributed by atoms with Crippen molar-refractivity contribution in [2.75, 3.05) is 20.2 Å². The number of ether oxygens (including phenoxy) is 1. The number of amidine groups is 1. The Hall–Kier alpha value is -1.55. The second-order valence-corrected chi connectivity index (χ2v) is 4.95. The summed E-state index contributed by atoms with van der Waals surface area (Å²) in [5.74, 6) is 1.75. The van der Waals surface area contributed by atoms with Gasteiger partial charge >= 0.3 is 0 Å². The minimum Gasteiger partial charge on any atom is -0.497 e. The molecule has 1 heterocycles. The third-order valence-electron chi connectivity index (χ3n) is 3.44. The molecule has 1 aromatic carbocycles. The van der Waals surface area contributed by atoms with Gasteiger partial charge in [-0.15, -0.1) is 12.4 Å². The topological polar surface area (TPSA) is 50.7 Å². The third kappa shape index (κ3) is 4.46. The molecule has 0 radical (unpaired) electrons. The lowest BCUT2D eigenvalue weighted by Crippen LogP contribution is -2.31. The van der Waals surface area contributed by atoms with Gasteiger partial charge in [0, 0.05) is 30.6 Å². The molecule has 1 N–H and O–H groups in total. The zero-order chi connectivity index (χ0) is 14.4. The number of carbonyl (C=O) groups excluding carboxylic acids is 1. The van der Waals surface area contributed by atoms with Gasteiger partial charge in [-0.2, -0.15) is 0 Å². The number of nitrogens with one attached hydrogen (secondary N) is 1. The van der Waals surface area contributed by atoms with E-state index < -0.39 is 0 Å². The van der Waals surface area contributed by atoms with Crippen molar-refractivity contribution in [3.63, 3.8) is 0 Å². The maximum Gasteiger partial charge on any atom is 0.163 e. The average Bonchev–Trinajstić information content (AvgIpc) is 2.52. The number of benzene rings is 1. The molecule has 0 saturated heterocycles. The second-order valence-electron chi connectivity index (χ2n) is 4.95. The minimum atomic E-state index is 0. The van der Waals surface area contributed by atoms with Gasteiger partial charge in [0.05, 0.1) is 7.11 Å². The molecule has 0 aromatic heterocycles. The average molecular weight is 311 g/mol. The lowest BCUT2D eigenvalue weighted by Gasteiger charge is -2.18. The number of aliphatic imine (C=N–C) groups is 1. The molecule has 0 spiro atoms. The van der Waals surface area contributed by atoms with E-state index in [0.717, 1.165) is 55.1 Å². The molecule has 21 heavy (non-hydrogen) atoms. The molecule has 116 valence electrons. The van der Waals surface area contributed by atoms with Crippen LogP contribution in [-0.2, 0) is 0 Å². The molecule has 5 heteroatoms. The number of methoxy groups -OCH3 is 1. The molecule has 1 aliphatic heterocycles. The lowest BCUT2D eigenvalue weighted by atomic mass is 9.98. The predicted octanol–water partition coefficient (Wildman–Crippen LogP) is 3.23. The van der Waals surface area contributed by atoms with E-state index in [1.54, 1.807) is 7.11 Å². The van der Waals surface area contributed by atoms with Gasteiger partial charge < -0.3 is 10.1 Å². The molecule has 0 amide bonds. The highest BCUT2D eigenvalue weighted by molar-refractivity contribution is 6.10. The van der Waals surface area contributed by atoms with E-state index in [1.165, 1.54) is 0 Å². The van der Waals surface area contributed by atoms with Gasteiger partial charge in [0.1, 0.15) is 11.6 Å². The number of hydrogen-bond acceptors (Lipinski definition) is 4. The van der Waals surface area contributed by atoms with Crippen LogP contribution in [0.2, 0.25) is 0 Å². The molecule has 0 unspecified atom stereocenters. The number of Topliss-reactive ketones (excluding diaryl/α,β-unsaturated/α-hetero) is 1. The van der Waals surface area contributed by atoms with Crippen molar-refractivity contribution in [3.8, 4) is 5.75 Å². The zero-order valence-electron chi connectivity index (χ0n) is 12.6. The quantitative estimate of drug-likeness (QED) is 0.821. The first-order valence-corrected chi connectivity index (χ1v) is 7.26. The Balaban J connectivity index is 0.00000220. The summed E-state index contributed by atoms with van der Waals surface area (Å²) in [6, 6.07) is 5.59. The first kappa shape index (κ1) is 17.5. The van der Waals surface area contributed by atoms with Crippen LogP contribution in [0, 0.1) is 0 Å². The first-order valence-electron chi connectivity index (χ1n) is 7.26. The van der Waals surface area contributed by atoms with Crippen LogP contribution < -0.4 is 10.1 Å². The second kappa shape index (κ2) is 8.67. The van der Waals surface area contributed by atoms with Gasteiger partial charge in [-0.3, -0.25) is 9.79 Å². The van der Waals surface area contributed by atoms with E-state index in [2.05, 4.69) is 17.2 Å². The van der Waals surface area contributed by atoms with Gasteiger partial charge in [-0.1, -0.05) is 13.3 Å². The summed E-state index contributed by atoms with van der Waals surface area (Å²) in [5.41, 5.74) is 1.61. The number of halogens is 1. The summed E-state index contributed by atoms with van der Waals surface area (Å²) in [4.78, 5) is 16.8. The number of hydrogen-bond donors (Lipinski definition) is 1. The van der Waals surface area contributed by atoms with Crippen LogP contribution in [0.1, 0.15) is 48.5 Å². The van der Waals surface area contributed by atoms with E-state index >= 15 is 0 Å². The largest absolute Gasteiger partial charge is 0.497 e. The fourth-order valence-electron chi connectivity index (χ4n) is 2.27. The van der Waals surface area contributed by atoms with Crippen molar-refractivity contribution in [2.45, 2.75) is 32.6 Å². The van der Waals surface area contributed by atoms with Crippen LogP contribution >= 0.6 is 12.4 Å². The third-order valence-corrected chi connectivity index (χ3v) is 3.44. The number of nitrogens with zero attached hydrogens (tertiary/aromatic N) is 1. The van der Waals surface area contributed by atoms with E-state index in [0.29, 0.717) is 6.42 Å². The number of ketones is 1. The monoisotopic (exact) mass is 310 g/mol. The van der Waals surface area contributed by atoms with Crippen LogP contribution in [0.5, 0.6) is 5.75 Å². The van der Waals surface area contributed by atoms with Crippen LogP contribution in [0.15, 0.2) is 23.2 Å². The molecule has 2 rings (SSSR count). The Morgan fingerprint density at radius 3 is 2.86 bits per heavy atom. The Kier molecular flexibility index (Phi) is 7.23. The normalized spacial score (nSPS) is 13.7. The molecule has 0 saturated carbocycles. The van der Waals surface area contributed by atoms with Crippen molar-refractivity contribution in [3.05, 3.63) is 29.3 Å². The summed E-state index contributed by atoms with van der Waals surface area (Å²) in [6.07, 6.45) is 3.57. The number of unbranched alkanes of at least 4 members (excludes halogenated alkanes) is 1. The standard InChI is InChI=1S/C16H22N2O2.ClH/c1-3-4-6-15(19)13-8-7-12(20-2)11-14(13)16-17-9-5-10-18-16;/h7-8,11H,3-6,9-10H2,1-2H3,(H,17,18);1H. The fraction of sp³-hybridized carbons (Fsp3) is 0.500. The molecule has 0 aliphatic carbocycles. The first-order chi connectivity index (χ1) is 9.76. The number of rotatable bonds is 6. The van der Waals surface area contributed by atoms with Gasteiger partial charge in [0.2, 0.25) is 0 Å². The highest BCUT2D eigenvalue weighted by atomic mass is 35.5. The Bertz CT molecular complexity index is 515. The summed E-state index contributed by atoms with van der Waals surface area (Å²) in [6.45, 7) is 3.80. The van der Waals surface area contributed by atoms with E-state index in [-0.39, 0.29) is 18.2 Å². The molecule has 0 bridgehead atoms. The van der Waals surface area contributed by atoms with Gasteiger partial charge in [0.25, 0.3) is 0 Å². The van der Waals surface area contributed by atoms with E-state index in [1.807, 2.05) is 18.2 Å².